The largest absolute Gasteiger partial charge is 0.492 e. The first-order valence-electron chi connectivity index (χ1n) is 12.7. The summed E-state index contributed by atoms with van der Waals surface area (Å²) in [5.41, 5.74) is 1.79. The fourth-order valence-corrected chi connectivity index (χ4v) is 4.78. The first-order chi connectivity index (χ1) is 18.7. The fourth-order valence-electron chi connectivity index (χ4n) is 4.78. The number of alkyl halides is 3. The lowest BCUT2D eigenvalue weighted by atomic mass is 9.72. The molecule has 1 heterocycles. The normalized spacial score (nSPS) is 14.5. The van der Waals surface area contributed by atoms with Crippen LogP contribution in [0.15, 0.2) is 84.9 Å². The van der Waals surface area contributed by atoms with Gasteiger partial charge in [0.2, 0.25) is 0 Å². The quantitative estimate of drug-likeness (QED) is 0.283. The number of hydrogen-bond donors (Lipinski definition) is 2. The number of nitrogens with zero attached hydrogens (tertiary/aromatic N) is 1. The van der Waals surface area contributed by atoms with Crippen LogP contribution in [0, 0.1) is 18.3 Å². The fraction of sp³-hybridized carbons (Fsp3) is 0.323. The predicted octanol–water partition coefficient (Wildman–Crippen LogP) is 5.72. The third-order valence-electron chi connectivity index (χ3n) is 6.77. The van der Waals surface area contributed by atoms with E-state index in [1.165, 1.54) is 0 Å². The Balaban J connectivity index is 0.000000532. The van der Waals surface area contributed by atoms with Gasteiger partial charge in [0.15, 0.2) is 0 Å². The predicted molar refractivity (Wildman–Crippen MR) is 143 cm³/mol. The van der Waals surface area contributed by atoms with E-state index >= 15 is 0 Å². The van der Waals surface area contributed by atoms with E-state index in [-0.39, 0.29) is 5.92 Å². The Hall–Kier alpha value is -3.80. The molecule has 1 aliphatic heterocycles. The molecular weight excluding hydrogens is 507 g/mol. The number of ether oxygens (including phenoxy) is 1. The van der Waals surface area contributed by atoms with Gasteiger partial charge >= 0.3 is 12.1 Å². The Morgan fingerprint density at radius 1 is 0.923 bits per heavy atom. The molecule has 1 aliphatic rings. The van der Waals surface area contributed by atoms with Gasteiger partial charge in [-0.15, -0.1) is 6.42 Å². The summed E-state index contributed by atoms with van der Waals surface area (Å²) < 4.78 is 37.6. The molecule has 0 saturated carbocycles. The van der Waals surface area contributed by atoms with Crippen molar-refractivity contribution in [1.82, 2.24) is 4.90 Å². The second-order valence-electron chi connectivity index (χ2n) is 9.26. The molecule has 8 heteroatoms. The van der Waals surface area contributed by atoms with Gasteiger partial charge in [0.25, 0.3) is 0 Å². The molecule has 4 rings (SSSR count). The van der Waals surface area contributed by atoms with Crippen molar-refractivity contribution >= 4 is 5.97 Å². The minimum absolute atomic E-state index is 0.183. The van der Waals surface area contributed by atoms with E-state index in [9.17, 15) is 18.3 Å². The molecule has 0 radical (unpaired) electrons. The van der Waals surface area contributed by atoms with Crippen LogP contribution in [0.5, 0.6) is 5.75 Å². The van der Waals surface area contributed by atoms with Gasteiger partial charge in [-0.05, 0) is 61.5 Å². The molecule has 39 heavy (non-hydrogen) atoms. The van der Waals surface area contributed by atoms with Crippen molar-refractivity contribution in [2.45, 2.75) is 31.0 Å². The van der Waals surface area contributed by atoms with Gasteiger partial charge in [-0.1, -0.05) is 78.7 Å². The summed E-state index contributed by atoms with van der Waals surface area (Å²) in [5, 5.41) is 19.1. The maximum atomic E-state index is 12.0. The number of carboxylic acid groups (broad SMARTS) is 1. The lowest BCUT2D eigenvalue weighted by molar-refractivity contribution is -0.192. The highest BCUT2D eigenvalue weighted by Gasteiger charge is 2.41. The van der Waals surface area contributed by atoms with E-state index in [0.717, 1.165) is 61.3 Å². The molecule has 0 unspecified atom stereocenters. The van der Waals surface area contributed by atoms with Gasteiger partial charge < -0.3 is 19.8 Å². The summed E-state index contributed by atoms with van der Waals surface area (Å²) in [7, 11) is 0. The average molecular weight is 540 g/mol. The lowest BCUT2D eigenvalue weighted by Crippen LogP contribution is -2.44. The molecule has 0 bridgehead atoms. The number of likely N-dealkylation sites (tertiary alicyclic amines) is 1. The minimum Gasteiger partial charge on any atom is -0.492 e. The molecule has 1 saturated heterocycles. The maximum Gasteiger partial charge on any atom is 0.490 e. The number of hydrogen-bond acceptors (Lipinski definition) is 4. The van der Waals surface area contributed by atoms with Crippen molar-refractivity contribution in [2.75, 3.05) is 26.2 Å². The van der Waals surface area contributed by atoms with Crippen molar-refractivity contribution in [3.8, 4) is 18.1 Å². The van der Waals surface area contributed by atoms with Gasteiger partial charge in [-0.2, -0.15) is 13.2 Å². The van der Waals surface area contributed by atoms with Crippen molar-refractivity contribution in [2.24, 2.45) is 5.92 Å². The standard InChI is InChI=1S/C29H31NO2.C2HF3O2/c1-2-24-12-9-10-17-28(24)32-23-11-20-30-21-18-27(19-22-30)29(31,25-13-5-3-6-14-25)26-15-7-4-8-16-26;3-2(4,5)1(6)7/h1,3-10,12-17,27,31H,11,18-23H2;(H,6,7). The summed E-state index contributed by atoms with van der Waals surface area (Å²) in [4.78, 5) is 11.4. The van der Waals surface area contributed by atoms with Crippen LogP contribution in [0.3, 0.4) is 0 Å². The molecule has 0 aliphatic carbocycles. The Labute approximate surface area is 226 Å². The second-order valence-corrected chi connectivity index (χ2v) is 9.26. The van der Waals surface area contributed by atoms with E-state index < -0.39 is 17.7 Å². The highest BCUT2D eigenvalue weighted by molar-refractivity contribution is 5.73. The number of halogens is 3. The zero-order valence-corrected chi connectivity index (χ0v) is 21.5. The second kappa shape index (κ2) is 13.8. The van der Waals surface area contributed by atoms with Crippen LogP contribution in [-0.4, -0.2) is 53.5 Å². The zero-order valence-electron chi connectivity index (χ0n) is 21.5. The molecule has 1 fully saturated rings. The Bertz CT molecular complexity index is 1180. The molecule has 3 aromatic rings. The van der Waals surface area contributed by atoms with Crippen molar-refractivity contribution in [1.29, 1.82) is 0 Å². The highest BCUT2D eigenvalue weighted by atomic mass is 19.4. The summed E-state index contributed by atoms with van der Waals surface area (Å²) >= 11 is 0. The van der Waals surface area contributed by atoms with Gasteiger partial charge in [0, 0.05) is 6.54 Å². The van der Waals surface area contributed by atoms with Crippen molar-refractivity contribution < 1.29 is 32.9 Å². The number of carboxylic acids is 1. The highest BCUT2D eigenvalue weighted by Crippen LogP contribution is 2.41. The van der Waals surface area contributed by atoms with E-state index in [1.807, 2.05) is 84.9 Å². The molecule has 3 aromatic carbocycles. The van der Waals surface area contributed by atoms with Gasteiger partial charge in [0.05, 0.1) is 12.2 Å². The maximum absolute atomic E-state index is 12.0. The van der Waals surface area contributed by atoms with Crippen molar-refractivity contribution in [3.63, 3.8) is 0 Å². The number of piperidine rings is 1. The number of rotatable bonds is 8. The van der Waals surface area contributed by atoms with Gasteiger partial charge in [0.1, 0.15) is 11.4 Å². The Kier molecular flexibility index (Phi) is 10.6. The molecule has 0 atom stereocenters. The number of benzene rings is 3. The minimum atomic E-state index is -5.08. The third kappa shape index (κ3) is 8.09. The van der Waals surface area contributed by atoms with Crippen LogP contribution in [0.4, 0.5) is 13.2 Å². The number of terminal acetylenes is 1. The monoisotopic (exact) mass is 539 g/mol. The third-order valence-corrected chi connectivity index (χ3v) is 6.77. The number of carbonyl (C=O) groups is 1. The van der Waals surface area contributed by atoms with E-state index in [0.29, 0.717) is 6.61 Å². The Morgan fingerprint density at radius 2 is 1.41 bits per heavy atom. The van der Waals surface area contributed by atoms with Gasteiger partial charge in [-0.25, -0.2) is 4.79 Å². The average Bonchev–Trinajstić information content (AvgIpc) is 2.96. The van der Waals surface area contributed by atoms with Gasteiger partial charge in [-0.3, -0.25) is 0 Å². The SMILES string of the molecule is C#Cc1ccccc1OCCCN1CCC(C(O)(c2ccccc2)c2ccccc2)CC1.O=C(O)C(F)(F)F. The number of para-hydroxylation sites is 1. The number of aliphatic carboxylic acids is 1. The summed E-state index contributed by atoms with van der Waals surface area (Å²) in [6.07, 6.45) is 3.33. The van der Waals surface area contributed by atoms with Crippen LogP contribution in [0.2, 0.25) is 0 Å². The molecule has 0 spiro atoms. The van der Waals surface area contributed by atoms with Crippen LogP contribution >= 0.6 is 0 Å². The number of aliphatic hydroxyl groups is 1. The first kappa shape index (κ1) is 29.8. The lowest BCUT2D eigenvalue weighted by Gasteiger charge is -2.42. The molecular formula is C31H32F3NO4. The first-order valence-corrected chi connectivity index (χ1v) is 12.7. The van der Waals surface area contributed by atoms with Crippen LogP contribution in [0.25, 0.3) is 0 Å². The summed E-state index contributed by atoms with van der Waals surface area (Å²) in [6.45, 7) is 3.60. The van der Waals surface area contributed by atoms with E-state index in [4.69, 9.17) is 21.1 Å². The van der Waals surface area contributed by atoms with Crippen LogP contribution in [-0.2, 0) is 10.4 Å². The van der Waals surface area contributed by atoms with E-state index in [2.05, 4.69) is 10.8 Å². The summed E-state index contributed by atoms with van der Waals surface area (Å²) in [5.74, 6) is 0.880. The topological polar surface area (TPSA) is 70.0 Å². The zero-order chi connectivity index (χ0) is 28.3. The van der Waals surface area contributed by atoms with Crippen LogP contribution in [0.1, 0.15) is 36.0 Å². The molecule has 2 N–H and O–H groups in total. The molecule has 0 amide bonds. The molecule has 0 aromatic heterocycles. The van der Waals surface area contributed by atoms with Crippen LogP contribution < -0.4 is 4.74 Å². The molecule has 5 nitrogen and oxygen atoms in total. The Morgan fingerprint density at radius 3 is 1.90 bits per heavy atom. The smallest absolute Gasteiger partial charge is 0.490 e. The molecule has 206 valence electrons. The van der Waals surface area contributed by atoms with E-state index in [1.54, 1.807) is 0 Å². The summed E-state index contributed by atoms with van der Waals surface area (Å²) in [6, 6.07) is 27.9. The van der Waals surface area contributed by atoms with Crippen molar-refractivity contribution in [3.05, 3.63) is 102 Å².